The van der Waals surface area contributed by atoms with Crippen LogP contribution in [0.25, 0.3) is 0 Å². The molecule has 110 valence electrons. The highest BCUT2D eigenvalue weighted by Crippen LogP contribution is 2.16. The lowest BCUT2D eigenvalue weighted by molar-refractivity contribution is 0.161. The molecule has 0 amide bonds. The van der Waals surface area contributed by atoms with E-state index in [4.69, 9.17) is 0 Å². The van der Waals surface area contributed by atoms with Gasteiger partial charge in [0.1, 0.15) is 4.90 Å². The summed E-state index contributed by atoms with van der Waals surface area (Å²) in [5.41, 5.74) is 0.755. The number of nitrogens with one attached hydrogen (secondary N) is 1. The van der Waals surface area contributed by atoms with Gasteiger partial charge in [0.05, 0.1) is 12.3 Å². The van der Waals surface area contributed by atoms with Gasteiger partial charge in [0.2, 0.25) is 10.0 Å². The molecule has 0 saturated heterocycles. The maximum atomic E-state index is 11.9. The third kappa shape index (κ3) is 3.27. The number of sulfonamides is 1. The van der Waals surface area contributed by atoms with E-state index in [1.54, 1.807) is 17.7 Å². The molecule has 0 radical (unpaired) electrons. The average molecular weight is 298 g/mol. The molecule has 1 atom stereocenters. The first kappa shape index (κ1) is 14.8. The summed E-state index contributed by atoms with van der Waals surface area (Å²) in [5, 5.41) is 13.8. The van der Waals surface area contributed by atoms with E-state index in [1.807, 2.05) is 19.3 Å². The zero-order valence-electron chi connectivity index (χ0n) is 11.4. The zero-order chi connectivity index (χ0) is 14.8. The lowest BCUT2D eigenvalue weighted by Gasteiger charge is -2.12. The molecular formula is C12H18N4O3S. The monoisotopic (exact) mass is 298 g/mol. The van der Waals surface area contributed by atoms with Crippen LogP contribution >= 0.6 is 0 Å². The van der Waals surface area contributed by atoms with E-state index in [2.05, 4.69) is 9.82 Å². The standard InChI is InChI=1S/C12H18N4O3S/c1-15-7-3-4-11(15)12(17)5-6-14-20(18,19)10-8-13-16(2)9-10/h3-4,7-9,12,14,17H,5-6H2,1-2H3. The van der Waals surface area contributed by atoms with Crippen molar-refractivity contribution in [3.05, 3.63) is 36.4 Å². The summed E-state index contributed by atoms with van der Waals surface area (Å²) in [7, 11) is -0.0826. The van der Waals surface area contributed by atoms with Gasteiger partial charge in [-0.15, -0.1) is 0 Å². The highest BCUT2D eigenvalue weighted by molar-refractivity contribution is 7.89. The van der Waals surface area contributed by atoms with E-state index < -0.39 is 16.1 Å². The third-order valence-electron chi connectivity index (χ3n) is 3.03. The van der Waals surface area contributed by atoms with Crippen LogP contribution in [0.2, 0.25) is 0 Å². The van der Waals surface area contributed by atoms with E-state index in [9.17, 15) is 13.5 Å². The third-order valence-corrected chi connectivity index (χ3v) is 4.44. The number of aliphatic hydroxyl groups excluding tert-OH is 1. The molecule has 7 nitrogen and oxygen atoms in total. The van der Waals surface area contributed by atoms with Gasteiger partial charge in [0.25, 0.3) is 0 Å². The Morgan fingerprint density at radius 1 is 1.45 bits per heavy atom. The van der Waals surface area contributed by atoms with Crippen molar-refractivity contribution in [1.29, 1.82) is 0 Å². The van der Waals surface area contributed by atoms with E-state index in [-0.39, 0.29) is 11.4 Å². The van der Waals surface area contributed by atoms with Crippen molar-refractivity contribution in [3.63, 3.8) is 0 Å². The highest BCUT2D eigenvalue weighted by Gasteiger charge is 2.17. The molecule has 2 aromatic rings. The van der Waals surface area contributed by atoms with Gasteiger partial charge in [-0.05, 0) is 18.6 Å². The summed E-state index contributed by atoms with van der Waals surface area (Å²) < 4.78 is 29.5. The molecule has 0 aliphatic carbocycles. The highest BCUT2D eigenvalue weighted by atomic mass is 32.2. The van der Waals surface area contributed by atoms with Gasteiger partial charge >= 0.3 is 0 Å². The van der Waals surface area contributed by atoms with Crippen LogP contribution < -0.4 is 4.72 Å². The number of nitrogens with zero attached hydrogens (tertiary/aromatic N) is 3. The van der Waals surface area contributed by atoms with Crippen molar-refractivity contribution in [1.82, 2.24) is 19.1 Å². The molecule has 0 aliphatic rings. The van der Waals surface area contributed by atoms with Crippen molar-refractivity contribution in [2.24, 2.45) is 14.1 Å². The molecule has 0 bridgehead atoms. The van der Waals surface area contributed by atoms with Crippen LogP contribution in [0.15, 0.2) is 35.6 Å². The van der Waals surface area contributed by atoms with Crippen LogP contribution in [0, 0.1) is 0 Å². The van der Waals surface area contributed by atoms with Gasteiger partial charge in [-0.2, -0.15) is 5.10 Å². The Kier molecular flexibility index (Phi) is 4.26. The number of rotatable bonds is 6. The molecule has 2 aromatic heterocycles. The number of hydrogen-bond acceptors (Lipinski definition) is 4. The number of hydrogen-bond donors (Lipinski definition) is 2. The fourth-order valence-corrected chi connectivity index (χ4v) is 2.95. The van der Waals surface area contributed by atoms with Gasteiger partial charge in [-0.3, -0.25) is 4.68 Å². The summed E-state index contributed by atoms with van der Waals surface area (Å²) >= 11 is 0. The Bertz CT molecular complexity index is 674. The van der Waals surface area contributed by atoms with Crippen molar-refractivity contribution >= 4 is 10.0 Å². The van der Waals surface area contributed by atoms with E-state index >= 15 is 0 Å². The summed E-state index contributed by atoms with van der Waals surface area (Å²) in [6.45, 7) is 0.156. The smallest absolute Gasteiger partial charge is 0.243 e. The fourth-order valence-electron chi connectivity index (χ4n) is 1.92. The Morgan fingerprint density at radius 3 is 2.75 bits per heavy atom. The number of aryl methyl sites for hydroxylation is 2. The van der Waals surface area contributed by atoms with Gasteiger partial charge in [-0.1, -0.05) is 0 Å². The second-order valence-corrected chi connectivity index (χ2v) is 6.36. The zero-order valence-corrected chi connectivity index (χ0v) is 12.2. The molecule has 1 unspecified atom stereocenters. The topological polar surface area (TPSA) is 89.1 Å². The van der Waals surface area contributed by atoms with Crippen molar-refractivity contribution in [2.45, 2.75) is 17.4 Å². The molecule has 0 aromatic carbocycles. The first-order valence-corrected chi connectivity index (χ1v) is 7.66. The minimum Gasteiger partial charge on any atom is -0.387 e. The normalized spacial score (nSPS) is 13.6. The maximum Gasteiger partial charge on any atom is 0.243 e. The molecule has 0 aliphatic heterocycles. The van der Waals surface area contributed by atoms with Gasteiger partial charge in [0.15, 0.2) is 0 Å². The molecule has 0 saturated carbocycles. The van der Waals surface area contributed by atoms with Crippen LogP contribution in [0.1, 0.15) is 18.2 Å². The van der Waals surface area contributed by atoms with Crippen LogP contribution in [-0.2, 0) is 24.1 Å². The van der Waals surface area contributed by atoms with Gasteiger partial charge < -0.3 is 9.67 Å². The molecule has 20 heavy (non-hydrogen) atoms. The van der Waals surface area contributed by atoms with E-state index in [0.717, 1.165) is 5.69 Å². The molecule has 2 N–H and O–H groups in total. The van der Waals surface area contributed by atoms with Gasteiger partial charge in [-0.25, -0.2) is 13.1 Å². The molecule has 2 rings (SSSR count). The Balaban J connectivity index is 1.91. The summed E-state index contributed by atoms with van der Waals surface area (Å²) in [6, 6.07) is 3.64. The first-order valence-electron chi connectivity index (χ1n) is 6.18. The quantitative estimate of drug-likeness (QED) is 0.795. The van der Waals surface area contributed by atoms with Gasteiger partial charge in [0, 0.05) is 38.7 Å². The maximum absolute atomic E-state index is 11.9. The van der Waals surface area contributed by atoms with Crippen molar-refractivity contribution < 1.29 is 13.5 Å². The molecule has 2 heterocycles. The molecular weight excluding hydrogens is 280 g/mol. The molecule has 8 heteroatoms. The fraction of sp³-hybridized carbons (Fsp3) is 0.417. The molecule has 0 fully saturated rings. The first-order chi connectivity index (χ1) is 9.40. The summed E-state index contributed by atoms with van der Waals surface area (Å²) in [5.74, 6) is 0. The Hall–Kier alpha value is -1.64. The average Bonchev–Trinajstić information content (AvgIpc) is 2.98. The predicted molar refractivity (Wildman–Crippen MR) is 73.4 cm³/mol. The van der Waals surface area contributed by atoms with Crippen molar-refractivity contribution in [2.75, 3.05) is 6.54 Å². The van der Waals surface area contributed by atoms with E-state index in [1.165, 1.54) is 17.1 Å². The van der Waals surface area contributed by atoms with E-state index in [0.29, 0.717) is 6.42 Å². The predicted octanol–water partition coefficient (Wildman–Crippen LogP) is 0.161. The summed E-state index contributed by atoms with van der Waals surface area (Å²) in [4.78, 5) is 0.119. The van der Waals surface area contributed by atoms with Crippen LogP contribution in [0.5, 0.6) is 0 Å². The second kappa shape index (κ2) is 5.78. The largest absolute Gasteiger partial charge is 0.387 e. The van der Waals surface area contributed by atoms with Crippen LogP contribution in [0.3, 0.4) is 0 Å². The Morgan fingerprint density at radius 2 is 2.20 bits per heavy atom. The second-order valence-electron chi connectivity index (χ2n) is 4.60. The minimum atomic E-state index is -3.57. The molecule has 0 spiro atoms. The number of aliphatic hydroxyl groups is 1. The Labute approximate surface area is 117 Å². The number of aromatic nitrogens is 3. The minimum absolute atomic E-state index is 0.119. The van der Waals surface area contributed by atoms with Crippen molar-refractivity contribution in [3.8, 4) is 0 Å². The van der Waals surface area contributed by atoms with Crippen LogP contribution in [-0.4, -0.2) is 34.4 Å². The lowest BCUT2D eigenvalue weighted by Crippen LogP contribution is -2.26. The SMILES string of the molecule is Cn1cc(S(=O)(=O)NCCC(O)c2cccn2C)cn1. The lowest BCUT2D eigenvalue weighted by atomic mass is 10.2. The van der Waals surface area contributed by atoms with Crippen LogP contribution in [0.4, 0.5) is 0 Å². The summed E-state index contributed by atoms with van der Waals surface area (Å²) in [6.07, 6.45) is 4.15.